The highest BCUT2D eigenvalue weighted by Crippen LogP contribution is 2.42. The Morgan fingerprint density at radius 1 is 0.952 bits per heavy atom. The molecule has 0 spiro atoms. The SMILES string of the molecule is OCC(CO)(Cc1ccc(C(F)(F)F)cc1)C1CCCC1. The van der Waals surface area contributed by atoms with Crippen LogP contribution in [0.4, 0.5) is 13.2 Å². The first-order valence-electron chi connectivity index (χ1n) is 7.29. The monoisotopic (exact) mass is 302 g/mol. The van der Waals surface area contributed by atoms with Gasteiger partial charge >= 0.3 is 6.18 Å². The molecular weight excluding hydrogens is 281 g/mol. The Labute approximate surface area is 122 Å². The van der Waals surface area contributed by atoms with Crippen molar-refractivity contribution in [3.8, 4) is 0 Å². The molecule has 1 aromatic carbocycles. The van der Waals surface area contributed by atoms with Crippen LogP contribution in [0.1, 0.15) is 36.8 Å². The first-order chi connectivity index (χ1) is 9.91. The molecule has 1 aliphatic carbocycles. The third-order valence-electron chi connectivity index (χ3n) is 4.69. The first kappa shape index (κ1) is 16.3. The fraction of sp³-hybridized carbons (Fsp3) is 0.625. The van der Waals surface area contributed by atoms with E-state index in [1.807, 2.05) is 0 Å². The van der Waals surface area contributed by atoms with Crippen molar-refractivity contribution in [3.63, 3.8) is 0 Å². The van der Waals surface area contributed by atoms with E-state index < -0.39 is 17.2 Å². The molecule has 2 N–H and O–H groups in total. The number of hydrogen-bond donors (Lipinski definition) is 2. The molecule has 1 saturated carbocycles. The summed E-state index contributed by atoms with van der Waals surface area (Å²) in [6, 6.07) is 5.00. The van der Waals surface area contributed by atoms with Crippen molar-refractivity contribution in [1.82, 2.24) is 0 Å². The van der Waals surface area contributed by atoms with Crippen molar-refractivity contribution in [2.45, 2.75) is 38.3 Å². The van der Waals surface area contributed by atoms with Gasteiger partial charge in [0, 0.05) is 5.41 Å². The molecule has 2 nitrogen and oxygen atoms in total. The molecule has 5 heteroatoms. The maximum atomic E-state index is 12.6. The molecule has 0 bridgehead atoms. The van der Waals surface area contributed by atoms with Crippen molar-refractivity contribution >= 4 is 0 Å². The van der Waals surface area contributed by atoms with Crippen molar-refractivity contribution in [2.75, 3.05) is 13.2 Å². The summed E-state index contributed by atoms with van der Waals surface area (Å²) >= 11 is 0. The summed E-state index contributed by atoms with van der Waals surface area (Å²) in [5, 5.41) is 19.5. The van der Waals surface area contributed by atoms with Crippen molar-refractivity contribution in [1.29, 1.82) is 0 Å². The zero-order valence-corrected chi connectivity index (χ0v) is 11.9. The van der Waals surface area contributed by atoms with E-state index in [-0.39, 0.29) is 19.1 Å². The molecule has 0 amide bonds. The van der Waals surface area contributed by atoms with Gasteiger partial charge in [0.15, 0.2) is 0 Å². The Morgan fingerprint density at radius 3 is 1.90 bits per heavy atom. The standard InChI is InChI=1S/C16H21F3O2/c17-16(18,19)14-7-5-12(6-8-14)9-15(10-20,11-21)13-3-1-2-4-13/h5-8,13,20-21H,1-4,9-11H2. The number of alkyl halides is 3. The molecule has 0 radical (unpaired) electrons. The summed E-state index contributed by atoms with van der Waals surface area (Å²) in [6.45, 7) is -0.287. The van der Waals surface area contributed by atoms with E-state index in [0.29, 0.717) is 6.42 Å². The van der Waals surface area contributed by atoms with Gasteiger partial charge in [0.1, 0.15) is 0 Å². The summed E-state index contributed by atoms with van der Waals surface area (Å²) in [4.78, 5) is 0. The van der Waals surface area contributed by atoms with Gasteiger partial charge in [-0.05, 0) is 42.9 Å². The lowest BCUT2D eigenvalue weighted by Gasteiger charge is -2.36. The van der Waals surface area contributed by atoms with Gasteiger partial charge in [0.25, 0.3) is 0 Å². The normalized spacial score (nSPS) is 17.4. The molecule has 0 saturated heterocycles. The highest BCUT2D eigenvalue weighted by molar-refractivity contribution is 5.25. The van der Waals surface area contributed by atoms with E-state index in [9.17, 15) is 23.4 Å². The average molecular weight is 302 g/mol. The lowest BCUT2D eigenvalue weighted by molar-refractivity contribution is -0.137. The lowest BCUT2D eigenvalue weighted by Crippen LogP contribution is -2.39. The second kappa shape index (κ2) is 6.36. The summed E-state index contributed by atoms with van der Waals surface area (Å²) in [5.41, 5.74) is -0.584. The summed E-state index contributed by atoms with van der Waals surface area (Å²) in [5.74, 6) is 0.231. The zero-order chi connectivity index (χ0) is 15.5. The van der Waals surface area contributed by atoms with Gasteiger partial charge in [-0.1, -0.05) is 25.0 Å². The maximum Gasteiger partial charge on any atom is 0.416 e. The lowest BCUT2D eigenvalue weighted by atomic mass is 9.71. The van der Waals surface area contributed by atoms with Gasteiger partial charge in [-0.15, -0.1) is 0 Å². The molecule has 0 atom stereocenters. The van der Waals surface area contributed by atoms with Crippen molar-refractivity contribution in [2.24, 2.45) is 11.3 Å². The summed E-state index contributed by atoms with van der Waals surface area (Å²) in [7, 11) is 0. The topological polar surface area (TPSA) is 40.5 Å². The van der Waals surface area contributed by atoms with E-state index in [1.165, 1.54) is 12.1 Å². The second-order valence-electron chi connectivity index (χ2n) is 6.03. The number of aliphatic hydroxyl groups excluding tert-OH is 2. The van der Waals surface area contributed by atoms with E-state index in [2.05, 4.69) is 0 Å². The Balaban J connectivity index is 2.17. The Bertz CT molecular complexity index is 444. The predicted octanol–water partition coefficient (Wildman–Crippen LogP) is 3.41. The number of benzene rings is 1. The van der Waals surface area contributed by atoms with Crippen LogP contribution in [0.5, 0.6) is 0 Å². The minimum absolute atomic E-state index is 0.144. The Hall–Kier alpha value is -1.07. The van der Waals surface area contributed by atoms with Crippen LogP contribution in [-0.4, -0.2) is 23.4 Å². The van der Waals surface area contributed by atoms with Crippen LogP contribution in [0.2, 0.25) is 0 Å². The van der Waals surface area contributed by atoms with Crippen LogP contribution in [0.25, 0.3) is 0 Å². The summed E-state index contributed by atoms with van der Waals surface area (Å²) in [6.07, 6.45) is 0.153. The van der Waals surface area contributed by atoms with Gasteiger partial charge in [-0.2, -0.15) is 13.2 Å². The Morgan fingerprint density at radius 2 is 1.48 bits per heavy atom. The van der Waals surface area contributed by atoms with Gasteiger partial charge in [-0.25, -0.2) is 0 Å². The first-order valence-corrected chi connectivity index (χ1v) is 7.29. The largest absolute Gasteiger partial charge is 0.416 e. The van der Waals surface area contributed by atoms with Crippen molar-refractivity contribution in [3.05, 3.63) is 35.4 Å². The molecule has 21 heavy (non-hydrogen) atoms. The smallest absolute Gasteiger partial charge is 0.396 e. The molecule has 1 aliphatic rings. The van der Waals surface area contributed by atoms with Gasteiger partial charge in [0.2, 0.25) is 0 Å². The quantitative estimate of drug-likeness (QED) is 0.875. The molecule has 0 unspecified atom stereocenters. The number of halogens is 3. The highest BCUT2D eigenvalue weighted by Gasteiger charge is 2.39. The fourth-order valence-electron chi connectivity index (χ4n) is 3.32. The number of hydrogen-bond acceptors (Lipinski definition) is 2. The minimum atomic E-state index is -4.34. The van der Waals surface area contributed by atoms with E-state index >= 15 is 0 Å². The molecule has 2 rings (SSSR count). The van der Waals surface area contributed by atoms with Crippen LogP contribution < -0.4 is 0 Å². The van der Waals surface area contributed by atoms with Gasteiger partial charge in [0.05, 0.1) is 18.8 Å². The third kappa shape index (κ3) is 3.58. The highest BCUT2D eigenvalue weighted by atomic mass is 19.4. The number of rotatable bonds is 5. The molecule has 118 valence electrons. The van der Waals surface area contributed by atoms with Crippen LogP contribution >= 0.6 is 0 Å². The maximum absolute atomic E-state index is 12.6. The Kier molecular flexibility index (Phi) is 4.94. The minimum Gasteiger partial charge on any atom is -0.396 e. The van der Waals surface area contributed by atoms with E-state index in [0.717, 1.165) is 43.4 Å². The molecule has 0 aliphatic heterocycles. The fourth-order valence-corrected chi connectivity index (χ4v) is 3.32. The molecule has 0 aromatic heterocycles. The second-order valence-corrected chi connectivity index (χ2v) is 6.03. The molecule has 1 fully saturated rings. The van der Waals surface area contributed by atoms with E-state index in [1.54, 1.807) is 0 Å². The van der Waals surface area contributed by atoms with Crippen LogP contribution in [0.3, 0.4) is 0 Å². The zero-order valence-electron chi connectivity index (χ0n) is 11.9. The van der Waals surface area contributed by atoms with Crippen molar-refractivity contribution < 1.29 is 23.4 Å². The molecule has 1 aromatic rings. The summed E-state index contributed by atoms with van der Waals surface area (Å²) < 4.78 is 37.7. The number of aliphatic hydroxyl groups is 2. The van der Waals surface area contributed by atoms with Gasteiger partial charge < -0.3 is 10.2 Å². The molecule has 0 heterocycles. The average Bonchev–Trinajstić information content (AvgIpc) is 2.99. The van der Waals surface area contributed by atoms with Crippen LogP contribution in [0.15, 0.2) is 24.3 Å². The van der Waals surface area contributed by atoms with Crippen LogP contribution in [0, 0.1) is 11.3 Å². The van der Waals surface area contributed by atoms with E-state index in [4.69, 9.17) is 0 Å². The third-order valence-corrected chi connectivity index (χ3v) is 4.69. The van der Waals surface area contributed by atoms with Gasteiger partial charge in [-0.3, -0.25) is 0 Å². The van der Waals surface area contributed by atoms with Crippen LogP contribution in [-0.2, 0) is 12.6 Å². The predicted molar refractivity (Wildman–Crippen MR) is 73.7 cm³/mol. The molecular formula is C16H21F3O2.